The number of hydrogen-bond donors (Lipinski definition) is 1. The summed E-state index contributed by atoms with van der Waals surface area (Å²) in [5, 5.41) is 3.36. The molecule has 0 aliphatic heterocycles. The van der Waals surface area contributed by atoms with Crippen LogP contribution >= 0.6 is 0 Å². The maximum Gasteiger partial charge on any atom is 0.0471 e. The minimum atomic E-state index is 0.581. The summed E-state index contributed by atoms with van der Waals surface area (Å²) in [6.07, 6.45) is 5.67. The molecule has 2 fully saturated rings. The molecule has 0 aromatic carbocycles. The molecular formula is C12H23NO. The van der Waals surface area contributed by atoms with Gasteiger partial charge in [-0.05, 0) is 56.9 Å². The van der Waals surface area contributed by atoms with Crippen LogP contribution in [0.4, 0.5) is 0 Å². The minimum Gasteiger partial charge on any atom is -0.382 e. The van der Waals surface area contributed by atoms with E-state index in [9.17, 15) is 0 Å². The lowest BCUT2D eigenvalue weighted by Gasteiger charge is -2.30. The number of hydrogen-bond acceptors (Lipinski definition) is 2. The third-order valence-electron chi connectivity index (χ3n) is 3.99. The van der Waals surface area contributed by atoms with Crippen molar-refractivity contribution >= 4 is 0 Å². The molecule has 2 atom stereocenters. The Morgan fingerprint density at radius 3 is 2.64 bits per heavy atom. The van der Waals surface area contributed by atoms with Crippen LogP contribution in [0.3, 0.4) is 0 Å². The minimum absolute atomic E-state index is 0.581. The molecule has 0 aromatic rings. The zero-order valence-electron chi connectivity index (χ0n) is 9.51. The van der Waals surface area contributed by atoms with E-state index in [0.29, 0.717) is 5.41 Å². The predicted molar refractivity (Wildman–Crippen MR) is 58.3 cm³/mol. The standard InChI is InChI=1S/C12H23NO/c1-3-14-5-4-12(9-13-2)7-10-6-11(10)8-12/h10-11,13H,3-9H2,1-2H3. The van der Waals surface area contributed by atoms with Crippen LogP contribution in [-0.2, 0) is 4.74 Å². The van der Waals surface area contributed by atoms with Gasteiger partial charge < -0.3 is 10.1 Å². The number of ether oxygens (including phenoxy) is 1. The third kappa shape index (κ3) is 2.12. The van der Waals surface area contributed by atoms with Crippen molar-refractivity contribution in [2.45, 2.75) is 32.6 Å². The fraction of sp³-hybridized carbons (Fsp3) is 1.00. The Kier molecular flexibility index (Phi) is 3.13. The Hall–Kier alpha value is -0.0800. The van der Waals surface area contributed by atoms with Crippen molar-refractivity contribution in [3.63, 3.8) is 0 Å². The molecular weight excluding hydrogens is 174 g/mol. The van der Waals surface area contributed by atoms with Gasteiger partial charge in [0, 0.05) is 19.8 Å². The Labute approximate surface area is 87.4 Å². The van der Waals surface area contributed by atoms with Crippen molar-refractivity contribution in [3.8, 4) is 0 Å². The summed E-state index contributed by atoms with van der Waals surface area (Å²) in [5.74, 6) is 2.15. The number of fused-ring (bicyclic) bond motifs is 1. The van der Waals surface area contributed by atoms with Crippen LogP contribution in [0.2, 0.25) is 0 Å². The Balaban J connectivity index is 1.80. The fourth-order valence-electron chi connectivity index (χ4n) is 3.25. The maximum atomic E-state index is 5.49. The fourth-order valence-corrected chi connectivity index (χ4v) is 3.25. The van der Waals surface area contributed by atoms with Crippen molar-refractivity contribution < 1.29 is 4.74 Å². The van der Waals surface area contributed by atoms with Gasteiger partial charge >= 0.3 is 0 Å². The van der Waals surface area contributed by atoms with Gasteiger partial charge in [0.25, 0.3) is 0 Å². The highest BCUT2D eigenvalue weighted by molar-refractivity contribution is 5.03. The number of nitrogens with one attached hydrogen (secondary N) is 1. The van der Waals surface area contributed by atoms with Gasteiger partial charge in [0.05, 0.1) is 0 Å². The first kappa shape index (κ1) is 10.4. The lowest BCUT2D eigenvalue weighted by molar-refractivity contribution is 0.0982. The molecule has 2 aliphatic carbocycles. The van der Waals surface area contributed by atoms with Crippen LogP contribution in [-0.4, -0.2) is 26.8 Å². The molecule has 14 heavy (non-hydrogen) atoms. The molecule has 0 radical (unpaired) electrons. The van der Waals surface area contributed by atoms with Crippen LogP contribution < -0.4 is 5.32 Å². The highest BCUT2D eigenvalue weighted by atomic mass is 16.5. The normalized spacial score (nSPS) is 39.9. The molecule has 82 valence electrons. The summed E-state index contributed by atoms with van der Waals surface area (Å²) < 4.78 is 5.49. The zero-order chi connectivity index (χ0) is 10.0. The molecule has 0 spiro atoms. The van der Waals surface area contributed by atoms with Gasteiger partial charge in [0.1, 0.15) is 0 Å². The van der Waals surface area contributed by atoms with Crippen molar-refractivity contribution in [3.05, 3.63) is 0 Å². The van der Waals surface area contributed by atoms with Gasteiger partial charge in [-0.1, -0.05) is 0 Å². The molecule has 0 aromatic heterocycles. The molecule has 1 N–H and O–H groups in total. The molecule has 2 saturated carbocycles. The Morgan fingerprint density at radius 2 is 2.07 bits per heavy atom. The summed E-state index contributed by atoms with van der Waals surface area (Å²) in [7, 11) is 2.08. The quantitative estimate of drug-likeness (QED) is 0.658. The second-order valence-corrected chi connectivity index (χ2v) is 5.14. The van der Waals surface area contributed by atoms with Crippen LogP contribution in [0.15, 0.2) is 0 Å². The molecule has 0 saturated heterocycles. The smallest absolute Gasteiger partial charge is 0.0471 e. The first-order valence-electron chi connectivity index (χ1n) is 6.02. The molecule has 0 bridgehead atoms. The van der Waals surface area contributed by atoms with E-state index in [2.05, 4.69) is 19.3 Å². The topological polar surface area (TPSA) is 21.3 Å². The van der Waals surface area contributed by atoms with Crippen molar-refractivity contribution in [1.82, 2.24) is 5.32 Å². The van der Waals surface area contributed by atoms with Crippen LogP contribution in [0.5, 0.6) is 0 Å². The molecule has 0 heterocycles. The second-order valence-electron chi connectivity index (χ2n) is 5.14. The van der Waals surface area contributed by atoms with Gasteiger partial charge in [-0.15, -0.1) is 0 Å². The Bertz CT molecular complexity index is 183. The summed E-state index contributed by atoms with van der Waals surface area (Å²) in [6, 6.07) is 0. The van der Waals surface area contributed by atoms with E-state index in [4.69, 9.17) is 4.74 Å². The van der Waals surface area contributed by atoms with Crippen LogP contribution in [0.1, 0.15) is 32.6 Å². The van der Waals surface area contributed by atoms with Crippen molar-refractivity contribution in [2.75, 3.05) is 26.8 Å². The van der Waals surface area contributed by atoms with E-state index in [0.717, 1.165) is 25.0 Å². The molecule has 2 unspecified atom stereocenters. The van der Waals surface area contributed by atoms with E-state index < -0.39 is 0 Å². The van der Waals surface area contributed by atoms with Crippen molar-refractivity contribution in [1.29, 1.82) is 0 Å². The van der Waals surface area contributed by atoms with Gasteiger partial charge in [-0.2, -0.15) is 0 Å². The van der Waals surface area contributed by atoms with Crippen LogP contribution in [0, 0.1) is 17.3 Å². The monoisotopic (exact) mass is 197 g/mol. The molecule has 2 heteroatoms. The van der Waals surface area contributed by atoms with E-state index in [1.807, 2.05) is 0 Å². The predicted octanol–water partition coefficient (Wildman–Crippen LogP) is 2.05. The van der Waals surface area contributed by atoms with Crippen molar-refractivity contribution in [2.24, 2.45) is 17.3 Å². The molecule has 2 aliphatic rings. The highest BCUT2D eigenvalue weighted by Gasteiger charge is 2.52. The lowest BCUT2D eigenvalue weighted by atomic mass is 9.80. The van der Waals surface area contributed by atoms with Gasteiger partial charge in [0.2, 0.25) is 0 Å². The van der Waals surface area contributed by atoms with E-state index in [1.54, 1.807) is 0 Å². The molecule has 2 nitrogen and oxygen atoms in total. The second kappa shape index (κ2) is 4.19. The molecule has 0 amide bonds. The third-order valence-corrected chi connectivity index (χ3v) is 3.99. The summed E-state index contributed by atoms with van der Waals surface area (Å²) in [5.41, 5.74) is 0.581. The first-order chi connectivity index (χ1) is 6.79. The van der Waals surface area contributed by atoms with Gasteiger partial charge in [0.15, 0.2) is 0 Å². The maximum absolute atomic E-state index is 5.49. The van der Waals surface area contributed by atoms with E-state index >= 15 is 0 Å². The summed E-state index contributed by atoms with van der Waals surface area (Å²) in [6.45, 7) is 5.09. The first-order valence-corrected chi connectivity index (χ1v) is 6.02. The average molecular weight is 197 g/mol. The average Bonchev–Trinajstić information content (AvgIpc) is 2.76. The largest absolute Gasteiger partial charge is 0.382 e. The van der Waals surface area contributed by atoms with E-state index in [1.165, 1.54) is 32.2 Å². The van der Waals surface area contributed by atoms with E-state index in [-0.39, 0.29) is 0 Å². The van der Waals surface area contributed by atoms with Gasteiger partial charge in [-0.3, -0.25) is 0 Å². The summed E-state index contributed by atoms with van der Waals surface area (Å²) in [4.78, 5) is 0. The zero-order valence-corrected chi connectivity index (χ0v) is 9.51. The molecule has 2 rings (SSSR count). The van der Waals surface area contributed by atoms with Gasteiger partial charge in [-0.25, -0.2) is 0 Å². The highest BCUT2D eigenvalue weighted by Crippen LogP contribution is 2.60. The lowest BCUT2D eigenvalue weighted by Crippen LogP contribution is -2.32. The van der Waals surface area contributed by atoms with Crippen LogP contribution in [0.25, 0.3) is 0 Å². The Morgan fingerprint density at radius 1 is 1.36 bits per heavy atom. The summed E-state index contributed by atoms with van der Waals surface area (Å²) >= 11 is 0. The SMILES string of the molecule is CCOCCC1(CNC)CC2CC2C1. The number of rotatable bonds is 6.